The van der Waals surface area contributed by atoms with Crippen molar-refractivity contribution >= 4 is 34.9 Å². The summed E-state index contributed by atoms with van der Waals surface area (Å²) in [7, 11) is 0. The third-order valence-electron chi connectivity index (χ3n) is 10.9. The van der Waals surface area contributed by atoms with Gasteiger partial charge in [-0.05, 0) is 60.9 Å². The van der Waals surface area contributed by atoms with Gasteiger partial charge < -0.3 is 14.6 Å². The number of hydrogen-bond acceptors (Lipinski definition) is 7. The largest absolute Gasteiger partial charge is 0.481 e. The fraction of sp³-hybridized carbons (Fsp3) is 0.359. The molecule has 2 N–H and O–H groups in total. The number of carbonyl (C=O) groups is 5. The Hall–Kier alpha value is -4.89. The van der Waals surface area contributed by atoms with Gasteiger partial charge in [0.05, 0.1) is 23.2 Å². The van der Waals surface area contributed by atoms with E-state index in [4.69, 9.17) is 9.52 Å². The van der Waals surface area contributed by atoms with E-state index in [1.54, 1.807) is 12.1 Å². The minimum Gasteiger partial charge on any atom is -0.481 e. The lowest BCUT2D eigenvalue weighted by Crippen LogP contribution is -2.58. The number of nitrogens with zero attached hydrogens (tertiary/aromatic N) is 1. The number of benzene rings is 2. The standard InChI is InChI=1S/C39H37NO8/c41-22-25-15-18-31(48-25)35-26-16-17-27-34(38(47)40(37(27)46)19-9-3-8-14-33(43)44)29(26)20-30-36(45)28(23-10-4-1-5-11-23)21-32(42)39(30,35)24-12-6-2-7-13-24/h1-2,4-7,10-13,15-16,18,21,27,29-30,34-35,41H,3,8-9,14,17,19-20,22H2,(H,43,44)/t27-,29+,30-,34-,35+,39-/m0/s1. The molecule has 1 aliphatic heterocycles. The van der Waals surface area contributed by atoms with Gasteiger partial charge in [-0.25, -0.2) is 0 Å². The molecule has 1 saturated heterocycles. The zero-order chi connectivity index (χ0) is 33.6. The summed E-state index contributed by atoms with van der Waals surface area (Å²) in [4.78, 5) is 69.9. The van der Waals surface area contributed by atoms with Crippen LogP contribution in [-0.4, -0.2) is 51.0 Å². The van der Waals surface area contributed by atoms with Crippen molar-refractivity contribution in [1.82, 2.24) is 4.90 Å². The lowest BCUT2D eigenvalue weighted by atomic mass is 9.45. The van der Waals surface area contributed by atoms with E-state index in [-0.39, 0.29) is 49.4 Å². The molecular formula is C39H37NO8. The number of furan rings is 1. The number of carboxylic acid groups (broad SMARTS) is 1. The van der Waals surface area contributed by atoms with Crippen LogP contribution >= 0.6 is 0 Å². The van der Waals surface area contributed by atoms with Gasteiger partial charge in [-0.3, -0.25) is 28.9 Å². The summed E-state index contributed by atoms with van der Waals surface area (Å²) >= 11 is 0. The van der Waals surface area contributed by atoms with E-state index in [9.17, 15) is 29.1 Å². The van der Waals surface area contributed by atoms with Crippen molar-refractivity contribution in [3.05, 3.63) is 113 Å². The second kappa shape index (κ2) is 12.6. The number of fused-ring (bicyclic) bond motifs is 4. The highest BCUT2D eigenvalue weighted by Gasteiger charge is 2.66. The van der Waals surface area contributed by atoms with E-state index in [1.165, 1.54) is 11.0 Å². The van der Waals surface area contributed by atoms with E-state index >= 15 is 0 Å². The van der Waals surface area contributed by atoms with Gasteiger partial charge in [-0.15, -0.1) is 0 Å². The fourth-order valence-corrected chi connectivity index (χ4v) is 8.83. The number of imide groups is 1. The number of amides is 2. The Balaban J connectivity index is 1.35. The minimum absolute atomic E-state index is 0.0331. The Morgan fingerprint density at radius 3 is 2.29 bits per heavy atom. The van der Waals surface area contributed by atoms with Crippen LogP contribution in [0.15, 0.2) is 94.9 Å². The number of hydrogen-bond donors (Lipinski definition) is 2. The molecule has 246 valence electrons. The van der Waals surface area contributed by atoms with Gasteiger partial charge in [0.25, 0.3) is 0 Å². The first kappa shape index (κ1) is 31.7. The first-order chi connectivity index (χ1) is 23.3. The minimum atomic E-state index is -1.38. The molecule has 4 aliphatic rings. The summed E-state index contributed by atoms with van der Waals surface area (Å²) in [5.74, 6) is -4.51. The van der Waals surface area contributed by atoms with Crippen LogP contribution in [0.4, 0.5) is 0 Å². The van der Waals surface area contributed by atoms with E-state index in [0.717, 1.165) is 5.57 Å². The number of unbranched alkanes of at least 4 members (excludes halogenated alkanes) is 2. The number of aliphatic hydroxyl groups is 1. The number of carboxylic acids is 1. The molecule has 0 spiro atoms. The van der Waals surface area contributed by atoms with Crippen LogP contribution in [0.5, 0.6) is 0 Å². The summed E-state index contributed by atoms with van der Waals surface area (Å²) in [6, 6.07) is 21.8. The molecule has 2 aromatic carbocycles. The summed E-state index contributed by atoms with van der Waals surface area (Å²) in [5, 5.41) is 18.9. The Morgan fingerprint density at radius 1 is 0.875 bits per heavy atom. The molecule has 0 unspecified atom stereocenters. The molecule has 48 heavy (non-hydrogen) atoms. The smallest absolute Gasteiger partial charge is 0.303 e. The summed E-state index contributed by atoms with van der Waals surface area (Å²) in [6.07, 6.45) is 5.53. The molecule has 7 rings (SSSR count). The predicted octanol–water partition coefficient (Wildman–Crippen LogP) is 5.24. The highest BCUT2D eigenvalue weighted by atomic mass is 16.4. The number of rotatable bonds is 10. The molecule has 1 saturated carbocycles. The lowest BCUT2D eigenvalue weighted by molar-refractivity contribution is -0.141. The monoisotopic (exact) mass is 647 g/mol. The Bertz CT molecular complexity index is 1840. The van der Waals surface area contributed by atoms with Gasteiger partial charge in [0, 0.05) is 24.5 Å². The number of allylic oxidation sites excluding steroid dienone is 4. The van der Waals surface area contributed by atoms with Crippen LogP contribution < -0.4 is 0 Å². The molecule has 1 aromatic heterocycles. The number of aliphatic hydroxyl groups excluding tert-OH is 1. The van der Waals surface area contributed by atoms with Crippen molar-refractivity contribution in [1.29, 1.82) is 0 Å². The second-order valence-corrected chi connectivity index (χ2v) is 13.3. The van der Waals surface area contributed by atoms with Crippen molar-refractivity contribution in [2.24, 2.45) is 23.7 Å². The van der Waals surface area contributed by atoms with Crippen molar-refractivity contribution in [3.8, 4) is 0 Å². The Kier molecular flexibility index (Phi) is 8.33. The number of carbonyl (C=O) groups excluding carboxylic acids is 4. The quantitative estimate of drug-likeness (QED) is 0.173. The van der Waals surface area contributed by atoms with Crippen LogP contribution in [-0.2, 0) is 36.0 Å². The molecule has 3 aromatic rings. The molecule has 2 heterocycles. The Labute approximate surface area is 277 Å². The normalized spacial score (nSPS) is 28.0. The van der Waals surface area contributed by atoms with Crippen LogP contribution in [0.1, 0.15) is 67.1 Å². The van der Waals surface area contributed by atoms with Crippen LogP contribution in [0.25, 0.3) is 5.57 Å². The van der Waals surface area contributed by atoms with E-state index in [2.05, 4.69) is 0 Å². The van der Waals surface area contributed by atoms with Crippen molar-refractivity contribution < 1.29 is 38.6 Å². The molecule has 2 amide bonds. The molecular weight excluding hydrogens is 610 g/mol. The van der Waals surface area contributed by atoms with Gasteiger partial charge in [-0.1, -0.05) is 78.7 Å². The van der Waals surface area contributed by atoms with Crippen molar-refractivity contribution in [3.63, 3.8) is 0 Å². The maximum Gasteiger partial charge on any atom is 0.303 e. The molecule has 9 heteroatoms. The predicted molar refractivity (Wildman–Crippen MR) is 174 cm³/mol. The number of ketones is 2. The van der Waals surface area contributed by atoms with E-state index in [1.807, 2.05) is 66.7 Å². The molecule has 0 bridgehead atoms. The Morgan fingerprint density at radius 2 is 1.60 bits per heavy atom. The molecule has 9 nitrogen and oxygen atoms in total. The zero-order valence-corrected chi connectivity index (χ0v) is 26.4. The summed E-state index contributed by atoms with van der Waals surface area (Å²) in [5.41, 5.74) is 1.05. The van der Waals surface area contributed by atoms with Crippen LogP contribution in [0, 0.1) is 23.7 Å². The third kappa shape index (κ3) is 4.99. The lowest BCUT2D eigenvalue weighted by Gasteiger charge is -2.54. The molecule has 0 radical (unpaired) electrons. The molecule has 3 aliphatic carbocycles. The maximum absolute atomic E-state index is 14.9. The van der Waals surface area contributed by atoms with Gasteiger partial charge in [0.2, 0.25) is 11.8 Å². The molecule has 2 fully saturated rings. The van der Waals surface area contributed by atoms with Gasteiger partial charge in [-0.2, -0.15) is 0 Å². The fourth-order valence-electron chi connectivity index (χ4n) is 8.83. The third-order valence-corrected chi connectivity index (χ3v) is 10.9. The van der Waals surface area contributed by atoms with Crippen LogP contribution in [0.3, 0.4) is 0 Å². The average Bonchev–Trinajstić information content (AvgIpc) is 3.67. The number of Topliss-reactive ketones (excluding diaryl/α,β-unsaturated/α-hetero) is 1. The van der Waals surface area contributed by atoms with Gasteiger partial charge in [0.15, 0.2) is 11.6 Å². The maximum atomic E-state index is 14.9. The topological polar surface area (TPSA) is 142 Å². The number of aliphatic carboxylic acids is 1. The first-order valence-corrected chi connectivity index (χ1v) is 16.6. The van der Waals surface area contributed by atoms with E-state index in [0.29, 0.717) is 53.9 Å². The van der Waals surface area contributed by atoms with Crippen LogP contribution in [0.2, 0.25) is 0 Å². The van der Waals surface area contributed by atoms with Gasteiger partial charge >= 0.3 is 5.97 Å². The average molecular weight is 648 g/mol. The number of likely N-dealkylation sites (tertiary alicyclic amines) is 1. The summed E-state index contributed by atoms with van der Waals surface area (Å²) in [6.45, 7) is -0.134. The summed E-state index contributed by atoms with van der Waals surface area (Å²) < 4.78 is 6.21. The highest BCUT2D eigenvalue weighted by molar-refractivity contribution is 6.31. The van der Waals surface area contributed by atoms with Crippen molar-refractivity contribution in [2.75, 3.05) is 6.54 Å². The van der Waals surface area contributed by atoms with E-state index < -0.39 is 41.0 Å². The van der Waals surface area contributed by atoms with Crippen molar-refractivity contribution in [2.45, 2.75) is 56.5 Å². The highest BCUT2D eigenvalue weighted by Crippen LogP contribution is 2.63. The second-order valence-electron chi connectivity index (χ2n) is 13.3. The SMILES string of the molecule is O=C(O)CCCCCN1C(=O)[C@H]2[C@H](CC=C3[C@H]2C[C@H]2C(=O)C(c4ccccc4)=CC(=O)[C@@]2(c2ccccc2)[C@H]3c2ccc(CO)o2)C1=O. The molecule has 6 atom stereocenters. The first-order valence-electron chi connectivity index (χ1n) is 16.6. The van der Waals surface area contributed by atoms with Gasteiger partial charge in [0.1, 0.15) is 18.1 Å². The zero-order valence-electron chi connectivity index (χ0n) is 26.4.